The Bertz CT molecular complexity index is 515. The number of hydrogen-bond donors (Lipinski definition) is 0. The van der Waals surface area contributed by atoms with Gasteiger partial charge < -0.3 is 4.42 Å². The highest BCUT2D eigenvalue weighted by Gasteiger charge is 2.15. The van der Waals surface area contributed by atoms with E-state index in [2.05, 4.69) is 10.2 Å². The van der Waals surface area contributed by atoms with E-state index >= 15 is 0 Å². The fourth-order valence-electron chi connectivity index (χ4n) is 1.32. The van der Waals surface area contributed by atoms with Crippen LogP contribution in [0.15, 0.2) is 28.7 Å². The molecule has 2 rings (SSSR count). The summed E-state index contributed by atoms with van der Waals surface area (Å²) in [7, 11) is 1.71. The maximum Gasteiger partial charge on any atom is 0.322 e. The zero-order chi connectivity index (χ0) is 12.4. The molecule has 0 radical (unpaired) electrons. The Morgan fingerprint density at radius 3 is 2.76 bits per heavy atom. The summed E-state index contributed by atoms with van der Waals surface area (Å²) in [6.07, 6.45) is 0. The molecule has 4 nitrogen and oxygen atoms in total. The molecule has 0 fully saturated rings. The molecule has 1 atom stereocenters. The Morgan fingerprint density at radius 1 is 1.41 bits per heavy atom. The summed E-state index contributed by atoms with van der Waals surface area (Å²) in [5, 5.41) is 7.30. The van der Waals surface area contributed by atoms with Gasteiger partial charge in [0.05, 0.1) is 0 Å². The van der Waals surface area contributed by atoms with Gasteiger partial charge in [-0.15, -0.1) is 16.7 Å². The third kappa shape index (κ3) is 2.55. The molecular weight excluding hydrogens is 245 g/mol. The molecule has 0 saturated carbocycles. The molecule has 0 amide bonds. The first-order valence-corrected chi connectivity index (χ1v) is 5.48. The van der Waals surface area contributed by atoms with Crippen LogP contribution in [-0.2, 0) is 0 Å². The highest BCUT2D eigenvalue weighted by molar-refractivity contribution is 6.20. The second kappa shape index (κ2) is 4.71. The van der Waals surface area contributed by atoms with E-state index in [9.17, 15) is 4.39 Å². The zero-order valence-electron chi connectivity index (χ0n) is 9.39. The van der Waals surface area contributed by atoms with Crippen molar-refractivity contribution in [2.45, 2.75) is 12.3 Å². The van der Waals surface area contributed by atoms with Gasteiger partial charge in [-0.1, -0.05) is 11.2 Å². The summed E-state index contributed by atoms with van der Waals surface area (Å²) in [4.78, 5) is 1.60. The molecule has 1 aromatic heterocycles. The van der Waals surface area contributed by atoms with Crippen LogP contribution >= 0.6 is 11.6 Å². The molecule has 0 spiro atoms. The van der Waals surface area contributed by atoms with E-state index in [1.165, 1.54) is 12.1 Å². The van der Waals surface area contributed by atoms with Crippen molar-refractivity contribution in [1.82, 2.24) is 10.2 Å². The van der Waals surface area contributed by atoms with Crippen LogP contribution in [0.2, 0.25) is 0 Å². The molecule has 0 aliphatic rings. The minimum atomic E-state index is -0.350. The van der Waals surface area contributed by atoms with Crippen molar-refractivity contribution >= 4 is 23.3 Å². The summed E-state index contributed by atoms with van der Waals surface area (Å²) in [6, 6.07) is 6.39. The van der Waals surface area contributed by atoms with Crippen molar-refractivity contribution in [1.29, 1.82) is 0 Å². The van der Waals surface area contributed by atoms with Crippen LogP contribution < -0.4 is 4.90 Å². The Balaban J connectivity index is 2.27. The molecule has 0 bridgehead atoms. The van der Waals surface area contributed by atoms with Gasteiger partial charge in [0.25, 0.3) is 0 Å². The van der Waals surface area contributed by atoms with Gasteiger partial charge in [-0.05, 0) is 25.1 Å². The molecule has 0 aliphatic carbocycles. The number of alkyl halides is 1. The molecule has 0 saturated heterocycles. The third-order valence-corrected chi connectivity index (χ3v) is 2.44. The van der Waals surface area contributed by atoms with Crippen LogP contribution in [0.5, 0.6) is 0 Å². The third-order valence-electron chi connectivity index (χ3n) is 2.25. The number of anilines is 2. The molecule has 17 heavy (non-hydrogen) atoms. The normalized spacial score (nSPS) is 12.5. The smallest absolute Gasteiger partial charge is 0.322 e. The maximum absolute atomic E-state index is 13.1. The molecule has 0 aliphatic heterocycles. The predicted octanol–water partition coefficient (Wildman–Crippen LogP) is 3.28. The van der Waals surface area contributed by atoms with Crippen molar-refractivity contribution < 1.29 is 8.81 Å². The van der Waals surface area contributed by atoms with E-state index in [0.717, 1.165) is 0 Å². The van der Waals surface area contributed by atoms with Crippen LogP contribution in [0.4, 0.5) is 16.1 Å². The van der Waals surface area contributed by atoms with Crippen molar-refractivity contribution in [2.24, 2.45) is 0 Å². The first kappa shape index (κ1) is 11.9. The summed E-state index contributed by atoms with van der Waals surface area (Å²) in [5.41, 5.74) is 0.627. The number of aromatic nitrogens is 2. The minimum Gasteiger partial charge on any atom is -0.406 e. The van der Waals surface area contributed by atoms with Crippen LogP contribution in [0, 0.1) is 5.82 Å². The molecule has 90 valence electrons. The largest absolute Gasteiger partial charge is 0.406 e. The van der Waals surface area contributed by atoms with Gasteiger partial charge in [0.1, 0.15) is 11.2 Å². The van der Waals surface area contributed by atoms with E-state index < -0.39 is 0 Å². The number of benzene rings is 1. The first-order valence-electron chi connectivity index (χ1n) is 5.04. The summed E-state index contributed by atoms with van der Waals surface area (Å²) >= 11 is 5.82. The lowest BCUT2D eigenvalue weighted by Gasteiger charge is -2.13. The van der Waals surface area contributed by atoms with Gasteiger partial charge in [-0.25, -0.2) is 4.39 Å². The predicted molar refractivity (Wildman–Crippen MR) is 63.0 cm³/mol. The van der Waals surface area contributed by atoms with E-state index in [4.69, 9.17) is 16.0 Å². The molecule has 1 aromatic carbocycles. The number of rotatable bonds is 3. The van der Waals surface area contributed by atoms with Gasteiger partial charge in [-0.3, -0.25) is 4.90 Å². The standard InChI is InChI=1S/C11H11ClFN3O/c1-7(12)10-14-15-11(17-10)16(2)9-5-3-4-8(13)6-9/h3-7H,1-2H3. The molecule has 2 aromatic rings. The molecule has 0 N–H and O–H groups in total. The van der Waals surface area contributed by atoms with Crippen molar-refractivity contribution in [3.63, 3.8) is 0 Å². The van der Waals surface area contributed by atoms with Crippen molar-refractivity contribution in [3.8, 4) is 0 Å². The highest BCUT2D eigenvalue weighted by atomic mass is 35.5. The van der Waals surface area contributed by atoms with Gasteiger partial charge >= 0.3 is 6.01 Å². The second-order valence-electron chi connectivity index (χ2n) is 3.58. The van der Waals surface area contributed by atoms with Crippen molar-refractivity contribution in [3.05, 3.63) is 36.0 Å². The van der Waals surface area contributed by atoms with E-state index in [0.29, 0.717) is 11.6 Å². The van der Waals surface area contributed by atoms with Gasteiger partial charge in [0, 0.05) is 12.7 Å². The average molecular weight is 256 g/mol. The zero-order valence-corrected chi connectivity index (χ0v) is 10.1. The van der Waals surface area contributed by atoms with Gasteiger partial charge in [0.15, 0.2) is 0 Å². The Kier molecular flexibility index (Phi) is 3.28. The first-order chi connectivity index (χ1) is 8.08. The van der Waals surface area contributed by atoms with Gasteiger partial charge in [-0.2, -0.15) is 0 Å². The minimum absolute atomic E-state index is 0.276. The highest BCUT2D eigenvalue weighted by Crippen LogP contribution is 2.25. The summed E-state index contributed by atoms with van der Waals surface area (Å²) in [5.74, 6) is 0.0183. The fraction of sp³-hybridized carbons (Fsp3) is 0.273. The van der Waals surface area contributed by atoms with Crippen LogP contribution in [0.3, 0.4) is 0 Å². The SMILES string of the molecule is CC(Cl)c1nnc(N(C)c2cccc(F)c2)o1. The lowest BCUT2D eigenvalue weighted by Crippen LogP contribution is -2.09. The number of halogens is 2. The Morgan fingerprint density at radius 2 is 2.18 bits per heavy atom. The second-order valence-corrected chi connectivity index (χ2v) is 4.23. The summed E-state index contributed by atoms with van der Waals surface area (Å²) in [6.45, 7) is 1.74. The van der Waals surface area contributed by atoms with E-state index in [-0.39, 0.29) is 17.2 Å². The lowest BCUT2D eigenvalue weighted by atomic mass is 10.3. The van der Waals surface area contributed by atoms with E-state index in [1.807, 2.05) is 0 Å². The number of hydrogen-bond acceptors (Lipinski definition) is 4. The van der Waals surface area contributed by atoms with Gasteiger partial charge in [0.2, 0.25) is 5.89 Å². The van der Waals surface area contributed by atoms with Crippen LogP contribution in [0.25, 0.3) is 0 Å². The fourth-order valence-corrected chi connectivity index (χ4v) is 1.41. The average Bonchev–Trinajstić information content (AvgIpc) is 2.77. The molecular formula is C11H11ClFN3O. The quantitative estimate of drug-likeness (QED) is 0.790. The molecule has 1 heterocycles. The number of nitrogens with zero attached hydrogens (tertiary/aromatic N) is 3. The summed E-state index contributed by atoms with van der Waals surface area (Å²) < 4.78 is 18.4. The maximum atomic E-state index is 13.1. The lowest BCUT2D eigenvalue weighted by molar-refractivity contribution is 0.499. The monoisotopic (exact) mass is 255 g/mol. The topological polar surface area (TPSA) is 42.2 Å². The molecule has 1 unspecified atom stereocenters. The Labute approximate surface area is 103 Å². The van der Waals surface area contributed by atoms with Crippen LogP contribution in [0.1, 0.15) is 18.2 Å². The Hall–Kier alpha value is -1.62. The molecule has 6 heteroatoms. The van der Waals surface area contributed by atoms with E-state index in [1.54, 1.807) is 31.0 Å². The van der Waals surface area contributed by atoms with Crippen molar-refractivity contribution in [2.75, 3.05) is 11.9 Å². The van der Waals surface area contributed by atoms with Crippen LogP contribution in [-0.4, -0.2) is 17.2 Å².